The first-order valence-electron chi connectivity index (χ1n) is 6.87. The molecule has 2 N–H and O–H groups in total. The minimum atomic E-state index is 0.737. The molecule has 1 saturated heterocycles. The highest BCUT2D eigenvalue weighted by Crippen LogP contribution is 2.27. The molecule has 0 spiro atoms. The van der Waals surface area contributed by atoms with Crippen molar-refractivity contribution in [1.82, 2.24) is 14.9 Å². The SMILES string of the molecule is CCNc1ncnc(NCC2CCN(C)CC2)c1Br. The first-order chi connectivity index (χ1) is 9.20. The third-order valence-electron chi connectivity index (χ3n) is 3.53. The second-order valence-corrected chi connectivity index (χ2v) is 5.84. The largest absolute Gasteiger partial charge is 0.369 e. The zero-order valence-corrected chi connectivity index (χ0v) is 13.2. The van der Waals surface area contributed by atoms with Gasteiger partial charge in [-0.15, -0.1) is 0 Å². The van der Waals surface area contributed by atoms with Gasteiger partial charge in [0, 0.05) is 13.1 Å². The molecule has 2 heterocycles. The fourth-order valence-electron chi connectivity index (χ4n) is 2.29. The maximum atomic E-state index is 4.30. The minimum absolute atomic E-state index is 0.737. The van der Waals surface area contributed by atoms with Gasteiger partial charge >= 0.3 is 0 Å². The van der Waals surface area contributed by atoms with E-state index in [1.807, 2.05) is 0 Å². The van der Waals surface area contributed by atoms with Crippen LogP contribution in [0.1, 0.15) is 19.8 Å². The van der Waals surface area contributed by atoms with Crippen molar-refractivity contribution >= 4 is 27.6 Å². The van der Waals surface area contributed by atoms with Gasteiger partial charge in [-0.3, -0.25) is 0 Å². The second kappa shape index (κ2) is 7.05. The standard InChI is InChI=1S/C13H22BrN5/c1-3-15-12-11(14)13(18-9-17-12)16-8-10-4-6-19(2)7-5-10/h9-10H,3-8H2,1-2H3,(H2,15,16,17,18). The molecule has 0 saturated carbocycles. The van der Waals surface area contributed by atoms with Gasteiger partial charge in [0.2, 0.25) is 0 Å². The van der Waals surface area contributed by atoms with E-state index in [9.17, 15) is 0 Å². The zero-order valence-electron chi connectivity index (χ0n) is 11.6. The van der Waals surface area contributed by atoms with E-state index in [4.69, 9.17) is 0 Å². The molecule has 2 rings (SSSR count). The first kappa shape index (κ1) is 14.5. The summed E-state index contributed by atoms with van der Waals surface area (Å²) in [6, 6.07) is 0. The molecule has 1 aromatic heterocycles. The predicted octanol–water partition coefficient (Wildman–Crippen LogP) is 2.42. The molecule has 0 unspecified atom stereocenters. The maximum Gasteiger partial charge on any atom is 0.145 e. The molecule has 0 aromatic carbocycles. The normalized spacial score (nSPS) is 17.4. The fraction of sp³-hybridized carbons (Fsp3) is 0.692. The fourth-order valence-corrected chi connectivity index (χ4v) is 2.78. The van der Waals surface area contributed by atoms with Gasteiger partial charge in [-0.05, 0) is 61.8 Å². The van der Waals surface area contributed by atoms with E-state index in [1.165, 1.54) is 25.9 Å². The lowest BCUT2D eigenvalue weighted by Crippen LogP contribution is -2.33. The van der Waals surface area contributed by atoms with Gasteiger partial charge in [0.1, 0.15) is 22.4 Å². The van der Waals surface area contributed by atoms with E-state index in [0.29, 0.717) is 0 Å². The second-order valence-electron chi connectivity index (χ2n) is 5.04. The van der Waals surface area contributed by atoms with Crippen molar-refractivity contribution in [2.75, 3.05) is 43.9 Å². The van der Waals surface area contributed by atoms with E-state index in [1.54, 1.807) is 6.33 Å². The van der Waals surface area contributed by atoms with E-state index < -0.39 is 0 Å². The number of aromatic nitrogens is 2. The van der Waals surface area contributed by atoms with Gasteiger partial charge in [-0.1, -0.05) is 0 Å². The Kier molecular flexibility index (Phi) is 5.39. The molecule has 0 radical (unpaired) electrons. The summed E-state index contributed by atoms with van der Waals surface area (Å²) < 4.78 is 0.921. The van der Waals surface area contributed by atoms with Gasteiger partial charge in [0.25, 0.3) is 0 Å². The average Bonchev–Trinajstić information content (AvgIpc) is 2.42. The van der Waals surface area contributed by atoms with Crippen molar-refractivity contribution in [3.8, 4) is 0 Å². The molecule has 0 atom stereocenters. The average molecular weight is 328 g/mol. The van der Waals surface area contributed by atoms with Gasteiger partial charge in [0.15, 0.2) is 0 Å². The summed E-state index contributed by atoms with van der Waals surface area (Å²) in [5.74, 6) is 2.47. The van der Waals surface area contributed by atoms with Crippen LogP contribution < -0.4 is 10.6 Å². The van der Waals surface area contributed by atoms with Crippen LogP contribution in [0, 0.1) is 5.92 Å². The number of piperidine rings is 1. The smallest absolute Gasteiger partial charge is 0.145 e. The van der Waals surface area contributed by atoms with Crippen LogP contribution in [0.2, 0.25) is 0 Å². The van der Waals surface area contributed by atoms with Crippen molar-refractivity contribution in [3.63, 3.8) is 0 Å². The Morgan fingerprint density at radius 3 is 2.53 bits per heavy atom. The Morgan fingerprint density at radius 1 is 1.26 bits per heavy atom. The lowest BCUT2D eigenvalue weighted by molar-refractivity contribution is 0.226. The molecule has 19 heavy (non-hydrogen) atoms. The monoisotopic (exact) mass is 327 g/mol. The highest BCUT2D eigenvalue weighted by Gasteiger charge is 2.17. The molecule has 0 amide bonds. The van der Waals surface area contributed by atoms with Crippen LogP contribution >= 0.6 is 15.9 Å². The number of halogens is 1. The molecular formula is C13H22BrN5. The van der Waals surface area contributed by atoms with Crippen molar-refractivity contribution in [1.29, 1.82) is 0 Å². The molecule has 106 valence electrons. The molecule has 1 aliphatic rings. The van der Waals surface area contributed by atoms with E-state index >= 15 is 0 Å². The zero-order chi connectivity index (χ0) is 13.7. The Labute approximate surface area is 123 Å². The molecule has 5 nitrogen and oxygen atoms in total. The lowest BCUT2D eigenvalue weighted by atomic mass is 9.97. The first-order valence-corrected chi connectivity index (χ1v) is 7.66. The van der Waals surface area contributed by atoms with Crippen molar-refractivity contribution in [2.45, 2.75) is 19.8 Å². The van der Waals surface area contributed by atoms with Gasteiger partial charge in [0.05, 0.1) is 0 Å². The molecule has 0 bridgehead atoms. The molecule has 1 fully saturated rings. The van der Waals surface area contributed by atoms with Crippen LogP contribution in [0.3, 0.4) is 0 Å². The number of likely N-dealkylation sites (tertiary alicyclic amines) is 1. The summed E-state index contributed by atoms with van der Waals surface area (Å²) in [5, 5.41) is 6.66. The number of hydrogen-bond acceptors (Lipinski definition) is 5. The summed E-state index contributed by atoms with van der Waals surface area (Å²) >= 11 is 3.56. The highest BCUT2D eigenvalue weighted by atomic mass is 79.9. The number of nitrogens with zero attached hydrogens (tertiary/aromatic N) is 3. The van der Waals surface area contributed by atoms with Crippen LogP contribution in [0.15, 0.2) is 10.8 Å². The Morgan fingerprint density at radius 2 is 1.89 bits per heavy atom. The summed E-state index contributed by atoms with van der Waals surface area (Å²) in [6.45, 7) is 6.28. The number of rotatable bonds is 5. The van der Waals surface area contributed by atoms with Crippen molar-refractivity contribution < 1.29 is 0 Å². The van der Waals surface area contributed by atoms with Crippen LogP contribution in [0.5, 0.6) is 0 Å². The number of hydrogen-bond donors (Lipinski definition) is 2. The Bertz CT molecular complexity index is 404. The topological polar surface area (TPSA) is 53.1 Å². The van der Waals surface area contributed by atoms with Crippen LogP contribution in [-0.4, -0.2) is 48.1 Å². The van der Waals surface area contributed by atoms with Gasteiger partial charge in [-0.2, -0.15) is 0 Å². The number of anilines is 2. The molecule has 1 aliphatic heterocycles. The van der Waals surface area contributed by atoms with E-state index in [2.05, 4.69) is 55.4 Å². The Balaban J connectivity index is 1.90. The van der Waals surface area contributed by atoms with Gasteiger partial charge < -0.3 is 15.5 Å². The molecule has 1 aromatic rings. The third-order valence-corrected chi connectivity index (χ3v) is 4.28. The van der Waals surface area contributed by atoms with Crippen molar-refractivity contribution in [3.05, 3.63) is 10.8 Å². The van der Waals surface area contributed by atoms with Gasteiger partial charge in [-0.25, -0.2) is 9.97 Å². The summed E-state index contributed by atoms with van der Waals surface area (Å²) in [5.41, 5.74) is 0. The minimum Gasteiger partial charge on any atom is -0.369 e. The maximum absolute atomic E-state index is 4.30. The Hall–Kier alpha value is -0.880. The van der Waals surface area contributed by atoms with Crippen molar-refractivity contribution in [2.24, 2.45) is 5.92 Å². The van der Waals surface area contributed by atoms with E-state index in [-0.39, 0.29) is 0 Å². The molecular weight excluding hydrogens is 306 g/mol. The third kappa shape index (κ3) is 4.04. The molecule has 6 heteroatoms. The van der Waals surface area contributed by atoms with Crippen LogP contribution in [0.4, 0.5) is 11.6 Å². The summed E-state index contributed by atoms with van der Waals surface area (Å²) in [7, 11) is 2.19. The van der Waals surface area contributed by atoms with Crippen LogP contribution in [0.25, 0.3) is 0 Å². The summed E-state index contributed by atoms with van der Waals surface area (Å²) in [6.07, 6.45) is 4.11. The quantitative estimate of drug-likeness (QED) is 0.869. The van der Waals surface area contributed by atoms with E-state index in [0.717, 1.165) is 35.1 Å². The highest BCUT2D eigenvalue weighted by molar-refractivity contribution is 9.10. The van der Waals surface area contributed by atoms with Crippen LogP contribution in [-0.2, 0) is 0 Å². The number of nitrogens with one attached hydrogen (secondary N) is 2. The predicted molar refractivity (Wildman–Crippen MR) is 82.6 cm³/mol. The lowest BCUT2D eigenvalue weighted by Gasteiger charge is -2.29. The molecule has 0 aliphatic carbocycles. The summed E-state index contributed by atoms with van der Waals surface area (Å²) in [4.78, 5) is 10.9.